The fraction of sp³-hybridized carbons (Fsp3) is 0.238. The standard InChI is InChI=1S/C21H21N3O2/c1-26-17-12-10-15(11-13-17)14-20(25)22-21-18-8-5-9-19(18)23-24(21)16-6-3-2-4-7-16/h2-4,6-7,10-13H,5,8-9,14H2,1H3,(H,22,25). The van der Waals surface area contributed by atoms with Gasteiger partial charge in [-0.1, -0.05) is 30.3 Å². The van der Waals surface area contributed by atoms with E-state index < -0.39 is 0 Å². The van der Waals surface area contributed by atoms with E-state index in [1.165, 1.54) is 0 Å². The van der Waals surface area contributed by atoms with Crippen LogP contribution in [0.4, 0.5) is 5.82 Å². The largest absolute Gasteiger partial charge is 0.497 e. The number of amides is 1. The molecule has 1 aliphatic rings. The van der Waals surface area contributed by atoms with Crippen LogP contribution in [0.1, 0.15) is 23.2 Å². The summed E-state index contributed by atoms with van der Waals surface area (Å²) in [5, 5.41) is 7.83. The predicted molar refractivity (Wildman–Crippen MR) is 101 cm³/mol. The third-order valence-corrected chi connectivity index (χ3v) is 4.69. The van der Waals surface area contributed by atoms with E-state index in [9.17, 15) is 4.79 Å². The van der Waals surface area contributed by atoms with Crippen molar-refractivity contribution in [2.24, 2.45) is 0 Å². The highest BCUT2D eigenvalue weighted by atomic mass is 16.5. The van der Waals surface area contributed by atoms with Crippen molar-refractivity contribution in [3.63, 3.8) is 0 Å². The molecule has 1 aliphatic carbocycles. The maximum Gasteiger partial charge on any atom is 0.229 e. The molecular formula is C21H21N3O2. The maximum absolute atomic E-state index is 12.6. The van der Waals surface area contributed by atoms with Gasteiger partial charge in [0.25, 0.3) is 0 Å². The molecule has 0 bridgehead atoms. The molecule has 132 valence electrons. The molecule has 0 fully saturated rings. The predicted octanol–water partition coefficient (Wildman–Crippen LogP) is 3.55. The number of aromatic nitrogens is 2. The molecule has 3 aromatic rings. The first kappa shape index (κ1) is 16.4. The summed E-state index contributed by atoms with van der Waals surface area (Å²) in [7, 11) is 1.63. The second-order valence-corrected chi connectivity index (χ2v) is 6.45. The minimum absolute atomic E-state index is 0.0399. The molecule has 0 spiro atoms. The Morgan fingerprint density at radius 2 is 1.88 bits per heavy atom. The molecule has 0 saturated heterocycles. The molecule has 0 aliphatic heterocycles. The zero-order valence-corrected chi connectivity index (χ0v) is 14.7. The number of benzene rings is 2. The zero-order chi connectivity index (χ0) is 17.9. The lowest BCUT2D eigenvalue weighted by Gasteiger charge is -2.11. The number of rotatable bonds is 5. The van der Waals surface area contributed by atoms with Crippen molar-refractivity contribution < 1.29 is 9.53 Å². The molecule has 5 heteroatoms. The molecule has 0 radical (unpaired) electrons. The number of hydrogen-bond acceptors (Lipinski definition) is 3. The molecule has 0 atom stereocenters. The van der Waals surface area contributed by atoms with Crippen LogP contribution in [0.5, 0.6) is 5.75 Å². The first-order chi connectivity index (χ1) is 12.7. The van der Waals surface area contributed by atoms with E-state index >= 15 is 0 Å². The van der Waals surface area contributed by atoms with E-state index in [2.05, 4.69) is 5.32 Å². The monoisotopic (exact) mass is 347 g/mol. The van der Waals surface area contributed by atoms with E-state index in [4.69, 9.17) is 9.84 Å². The second kappa shape index (κ2) is 7.04. The van der Waals surface area contributed by atoms with Gasteiger partial charge < -0.3 is 10.1 Å². The number of carbonyl (C=O) groups is 1. The highest BCUT2D eigenvalue weighted by Crippen LogP contribution is 2.31. The SMILES string of the molecule is COc1ccc(CC(=O)Nc2c3c(nn2-c2ccccc2)CCC3)cc1. The van der Waals surface area contributed by atoms with Crippen molar-refractivity contribution in [3.8, 4) is 11.4 Å². The molecule has 4 rings (SSSR count). The average molecular weight is 347 g/mol. The van der Waals surface area contributed by atoms with Gasteiger partial charge in [0, 0.05) is 5.56 Å². The van der Waals surface area contributed by atoms with Crippen LogP contribution in [0.3, 0.4) is 0 Å². The minimum atomic E-state index is -0.0399. The van der Waals surface area contributed by atoms with Crippen LogP contribution in [0.15, 0.2) is 54.6 Å². The first-order valence-corrected chi connectivity index (χ1v) is 8.83. The van der Waals surface area contributed by atoms with Crippen LogP contribution in [0.2, 0.25) is 0 Å². The van der Waals surface area contributed by atoms with Crippen LogP contribution in [0, 0.1) is 0 Å². The normalized spacial score (nSPS) is 12.7. The number of anilines is 1. The van der Waals surface area contributed by atoms with Crippen molar-refractivity contribution in [3.05, 3.63) is 71.4 Å². The number of fused-ring (bicyclic) bond motifs is 1. The zero-order valence-electron chi connectivity index (χ0n) is 14.7. The van der Waals surface area contributed by atoms with Crippen molar-refractivity contribution in [1.82, 2.24) is 9.78 Å². The lowest BCUT2D eigenvalue weighted by Crippen LogP contribution is -2.18. The van der Waals surface area contributed by atoms with E-state index in [-0.39, 0.29) is 5.91 Å². The second-order valence-electron chi connectivity index (χ2n) is 6.45. The molecule has 2 aromatic carbocycles. The summed E-state index contributed by atoms with van der Waals surface area (Å²) in [5.41, 5.74) is 4.16. The third kappa shape index (κ3) is 3.20. The molecule has 0 unspecified atom stereocenters. The highest BCUT2D eigenvalue weighted by molar-refractivity contribution is 5.92. The number of carbonyl (C=O) groups excluding carboxylic acids is 1. The molecule has 5 nitrogen and oxygen atoms in total. The fourth-order valence-electron chi connectivity index (χ4n) is 3.38. The Labute approximate surface area is 152 Å². The summed E-state index contributed by atoms with van der Waals surface area (Å²) >= 11 is 0. The molecule has 1 heterocycles. The third-order valence-electron chi connectivity index (χ3n) is 4.69. The summed E-state index contributed by atoms with van der Waals surface area (Å²) in [4.78, 5) is 12.6. The molecule has 1 N–H and O–H groups in total. The van der Waals surface area contributed by atoms with Crippen molar-refractivity contribution in [2.75, 3.05) is 12.4 Å². The lowest BCUT2D eigenvalue weighted by atomic mass is 10.1. The summed E-state index contributed by atoms with van der Waals surface area (Å²) in [5.74, 6) is 1.55. The van der Waals surface area contributed by atoms with Crippen LogP contribution in [-0.4, -0.2) is 22.8 Å². The van der Waals surface area contributed by atoms with E-state index in [1.807, 2.05) is 59.3 Å². The van der Waals surface area contributed by atoms with Gasteiger partial charge in [0.1, 0.15) is 11.6 Å². The van der Waals surface area contributed by atoms with Crippen molar-refractivity contribution in [1.29, 1.82) is 0 Å². The Hall–Kier alpha value is -3.08. The van der Waals surface area contributed by atoms with Crippen LogP contribution >= 0.6 is 0 Å². The van der Waals surface area contributed by atoms with Gasteiger partial charge in [-0.3, -0.25) is 4.79 Å². The fourth-order valence-corrected chi connectivity index (χ4v) is 3.38. The number of ether oxygens (including phenoxy) is 1. The Bertz CT molecular complexity index is 914. The smallest absolute Gasteiger partial charge is 0.229 e. The Morgan fingerprint density at radius 1 is 1.12 bits per heavy atom. The van der Waals surface area contributed by atoms with Crippen LogP contribution in [0.25, 0.3) is 5.69 Å². The molecular weight excluding hydrogens is 326 g/mol. The van der Waals surface area contributed by atoms with Crippen molar-refractivity contribution in [2.45, 2.75) is 25.7 Å². The van der Waals surface area contributed by atoms with Gasteiger partial charge in [-0.2, -0.15) is 5.10 Å². The molecule has 1 amide bonds. The van der Waals surface area contributed by atoms with Crippen molar-refractivity contribution >= 4 is 11.7 Å². The van der Waals surface area contributed by atoms with Gasteiger partial charge >= 0.3 is 0 Å². The molecule has 26 heavy (non-hydrogen) atoms. The quantitative estimate of drug-likeness (QED) is 0.768. The van der Waals surface area contributed by atoms with E-state index in [0.29, 0.717) is 6.42 Å². The lowest BCUT2D eigenvalue weighted by molar-refractivity contribution is -0.115. The number of para-hydroxylation sites is 1. The van der Waals surface area contributed by atoms with Gasteiger partial charge in [-0.05, 0) is 49.1 Å². The van der Waals surface area contributed by atoms with E-state index in [0.717, 1.165) is 53.3 Å². The van der Waals surface area contributed by atoms with E-state index in [1.54, 1.807) is 7.11 Å². The summed E-state index contributed by atoms with van der Waals surface area (Å²) < 4.78 is 7.02. The Balaban J connectivity index is 1.58. The van der Waals surface area contributed by atoms with Gasteiger partial charge in [0.2, 0.25) is 5.91 Å². The van der Waals surface area contributed by atoms with Crippen LogP contribution in [-0.2, 0) is 24.1 Å². The molecule has 1 aromatic heterocycles. The number of methoxy groups -OCH3 is 1. The summed E-state index contributed by atoms with van der Waals surface area (Å²) in [6.07, 6.45) is 3.34. The molecule has 0 saturated carbocycles. The topological polar surface area (TPSA) is 56.1 Å². The number of aryl methyl sites for hydroxylation is 1. The first-order valence-electron chi connectivity index (χ1n) is 8.83. The number of nitrogens with one attached hydrogen (secondary N) is 1. The van der Waals surface area contributed by atoms with Gasteiger partial charge in [0.05, 0.1) is 24.9 Å². The Kier molecular flexibility index (Phi) is 4.44. The van der Waals surface area contributed by atoms with Gasteiger partial charge in [0.15, 0.2) is 0 Å². The number of hydrogen-bond donors (Lipinski definition) is 1. The van der Waals surface area contributed by atoms with Gasteiger partial charge in [-0.25, -0.2) is 4.68 Å². The minimum Gasteiger partial charge on any atom is -0.497 e. The highest BCUT2D eigenvalue weighted by Gasteiger charge is 2.24. The van der Waals surface area contributed by atoms with Gasteiger partial charge in [-0.15, -0.1) is 0 Å². The summed E-state index contributed by atoms with van der Waals surface area (Å²) in [6, 6.07) is 17.5. The number of nitrogens with zero attached hydrogens (tertiary/aromatic N) is 2. The Morgan fingerprint density at radius 3 is 2.62 bits per heavy atom. The average Bonchev–Trinajstić information content (AvgIpc) is 3.26. The van der Waals surface area contributed by atoms with Crippen LogP contribution < -0.4 is 10.1 Å². The maximum atomic E-state index is 12.6. The summed E-state index contributed by atoms with van der Waals surface area (Å²) in [6.45, 7) is 0.